The van der Waals surface area contributed by atoms with Gasteiger partial charge >= 0.3 is 109 Å². The fraction of sp³-hybridized carbons (Fsp3) is 0.0769. The molecule has 0 N–H and O–H groups in total. The molecule has 19 heavy (non-hydrogen) atoms. The SMILES string of the molecule is [Al+2][CH2]c1ccccc1.[Al+2][c]1ccccc1.[Cl-].[Cl-].[Cl-].[Cl-]. The van der Waals surface area contributed by atoms with Gasteiger partial charge in [-0.2, -0.15) is 0 Å². The van der Waals surface area contributed by atoms with E-state index in [9.17, 15) is 0 Å². The van der Waals surface area contributed by atoms with Gasteiger partial charge in [-0.1, -0.05) is 0 Å². The largest absolute Gasteiger partial charge is 1.00 e. The molecule has 2 aromatic carbocycles. The molecule has 0 aliphatic rings. The molecule has 0 nitrogen and oxygen atoms in total. The zero-order chi connectivity index (χ0) is 10.9. The summed E-state index contributed by atoms with van der Waals surface area (Å²) < 4.78 is 1.24. The Morgan fingerprint density at radius 1 is 0.632 bits per heavy atom. The fourth-order valence-electron chi connectivity index (χ4n) is 1.07. The third-order valence-corrected chi connectivity index (χ3v) is 2.73. The molecule has 0 heterocycles. The number of benzene rings is 2. The van der Waals surface area contributed by atoms with Crippen LogP contribution in [0.2, 0.25) is 0 Å². The average Bonchev–Trinajstić information content (AvgIpc) is 2.32. The quantitative estimate of drug-likeness (QED) is 0.441. The predicted molar refractivity (Wildman–Crippen MR) is 67.7 cm³/mol. The van der Waals surface area contributed by atoms with Crippen molar-refractivity contribution in [1.29, 1.82) is 0 Å². The summed E-state index contributed by atoms with van der Waals surface area (Å²) in [4.78, 5) is 0. The van der Waals surface area contributed by atoms with Crippen molar-refractivity contribution in [1.82, 2.24) is 0 Å². The molecule has 0 unspecified atom stereocenters. The van der Waals surface area contributed by atoms with E-state index in [0.717, 1.165) is 5.28 Å². The molecule has 0 radical (unpaired) electrons. The standard InChI is InChI=1S/C7H7.C6H5.2Al.4ClH/c1-7-5-3-2-4-6-7;1-2-4-6-5-3-1;;;;;;/h2-6H,1H2;1-5H;;;4*1H/q;;2*+2;;;;/p-4. The topological polar surface area (TPSA) is 0 Å². The summed E-state index contributed by atoms with van der Waals surface area (Å²) in [6.07, 6.45) is 0. The summed E-state index contributed by atoms with van der Waals surface area (Å²) in [5, 5.41) is 1.06. The molecule has 98 valence electrons. The van der Waals surface area contributed by atoms with Crippen molar-refractivity contribution in [2.75, 3.05) is 0 Å². The van der Waals surface area contributed by atoms with E-state index in [1.165, 1.54) is 9.99 Å². The Hall–Kier alpha value is 0.665. The molecule has 0 saturated carbocycles. The van der Waals surface area contributed by atoms with Crippen LogP contribution < -0.4 is 54.1 Å². The van der Waals surface area contributed by atoms with Crippen LogP contribution >= 0.6 is 0 Å². The first-order valence-electron chi connectivity index (χ1n) is 4.87. The first-order chi connectivity index (χ1) is 7.33. The molecule has 0 aliphatic heterocycles. The van der Waals surface area contributed by atoms with Crippen LogP contribution in [0, 0.1) is 0 Å². The van der Waals surface area contributed by atoms with Crippen LogP contribution in [0.25, 0.3) is 0 Å². The normalized spacial score (nSPS) is 7.16. The van der Waals surface area contributed by atoms with Gasteiger partial charge in [-0.3, -0.25) is 0 Å². The predicted octanol–water partition coefficient (Wildman–Crippen LogP) is -10.1. The monoisotopic (exact) mass is 362 g/mol. The second kappa shape index (κ2) is 18.7. The second-order valence-electron chi connectivity index (χ2n) is 3.10. The molecule has 0 fully saturated rings. The van der Waals surface area contributed by atoms with Crippen LogP contribution in [0.15, 0.2) is 60.7 Å². The molecule has 0 saturated heterocycles. The van der Waals surface area contributed by atoms with E-state index in [2.05, 4.69) is 56.8 Å². The van der Waals surface area contributed by atoms with E-state index in [0.29, 0.717) is 0 Å². The zero-order valence-corrected chi connectivity index (χ0v) is 15.5. The molecule has 0 amide bonds. The minimum atomic E-state index is 0. The maximum Gasteiger partial charge on any atom is -1.00 e. The Balaban J connectivity index is -0.0000000983. The van der Waals surface area contributed by atoms with Gasteiger partial charge < -0.3 is 49.6 Å². The van der Waals surface area contributed by atoms with Gasteiger partial charge in [-0.15, -0.1) is 0 Å². The Morgan fingerprint density at radius 3 is 1.21 bits per heavy atom. The van der Waals surface area contributed by atoms with Gasteiger partial charge in [-0.05, 0) is 0 Å². The van der Waals surface area contributed by atoms with Crippen molar-refractivity contribution in [2.24, 2.45) is 0 Å². The number of halogens is 4. The maximum atomic E-state index is 2.69. The van der Waals surface area contributed by atoms with Crippen LogP contribution in [0.1, 0.15) is 5.56 Å². The molecular weight excluding hydrogens is 352 g/mol. The smallest absolute Gasteiger partial charge is 1.00 e. The Bertz CT molecular complexity index is 371. The van der Waals surface area contributed by atoms with Crippen LogP contribution in [0.4, 0.5) is 0 Å². The minimum Gasteiger partial charge on any atom is -1.00 e. The van der Waals surface area contributed by atoms with E-state index in [-0.39, 0.29) is 49.6 Å². The van der Waals surface area contributed by atoms with Crippen molar-refractivity contribution in [3.63, 3.8) is 0 Å². The Labute approximate surface area is 157 Å². The van der Waals surface area contributed by atoms with E-state index in [1.54, 1.807) is 0 Å². The van der Waals surface area contributed by atoms with Gasteiger partial charge in [-0.25, -0.2) is 0 Å². The van der Waals surface area contributed by atoms with E-state index in [4.69, 9.17) is 0 Å². The van der Waals surface area contributed by atoms with E-state index in [1.807, 2.05) is 36.4 Å². The van der Waals surface area contributed by atoms with Crippen molar-refractivity contribution >= 4 is 37.0 Å². The summed E-state index contributed by atoms with van der Waals surface area (Å²) in [5.74, 6) is 0. The third-order valence-electron chi connectivity index (χ3n) is 1.88. The second-order valence-corrected chi connectivity index (χ2v) is 4.18. The van der Waals surface area contributed by atoms with Crippen LogP contribution in [0.5, 0.6) is 0 Å². The number of rotatable bonds is 1. The van der Waals surface area contributed by atoms with Gasteiger partial charge in [0.2, 0.25) is 0 Å². The van der Waals surface area contributed by atoms with E-state index < -0.39 is 0 Å². The Kier molecular flexibility index (Phi) is 27.4. The summed E-state index contributed by atoms with van der Waals surface area (Å²) in [6.45, 7) is 0. The molecule has 0 aliphatic carbocycles. The summed E-state index contributed by atoms with van der Waals surface area (Å²) in [5.41, 5.74) is 1.37. The fourth-order valence-corrected chi connectivity index (χ4v) is 1.56. The molecule has 0 aromatic heterocycles. The molecule has 0 atom stereocenters. The Morgan fingerprint density at radius 2 is 1.00 bits per heavy atom. The summed E-state index contributed by atoms with van der Waals surface area (Å²) in [7, 11) is 0. The minimum absolute atomic E-state index is 0. The van der Waals surface area contributed by atoms with Gasteiger partial charge in [0.05, 0.1) is 0 Å². The summed E-state index contributed by atoms with van der Waals surface area (Å²) in [6, 6.07) is 20.5. The molecule has 2 rings (SSSR count). The average molecular weight is 364 g/mol. The van der Waals surface area contributed by atoms with Gasteiger partial charge in [0, 0.05) is 0 Å². The maximum absolute atomic E-state index is 2.69. The first kappa shape index (κ1) is 27.9. The first-order valence-corrected chi connectivity index (χ1v) is 6.27. The van der Waals surface area contributed by atoms with Crippen LogP contribution in [-0.4, -0.2) is 32.6 Å². The summed E-state index contributed by atoms with van der Waals surface area (Å²) >= 11 is 5.32. The molecule has 6 heteroatoms. The zero-order valence-electron chi connectivity index (χ0n) is 10.1. The van der Waals surface area contributed by atoms with Crippen molar-refractivity contribution in [2.45, 2.75) is 5.28 Å². The van der Waals surface area contributed by atoms with Crippen molar-refractivity contribution in [3.05, 3.63) is 66.2 Å². The third kappa shape index (κ3) is 14.9. The van der Waals surface area contributed by atoms with Crippen LogP contribution in [-0.2, 0) is 5.28 Å². The van der Waals surface area contributed by atoms with Gasteiger partial charge in [0.25, 0.3) is 0 Å². The van der Waals surface area contributed by atoms with E-state index >= 15 is 0 Å². The number of hydrogen-bond donors (Lipinski definition) is 0. The molecule has 2 aromatic rings. The molecular formula is C13H12Al2Cl4. The van der Waals surface area contributed by atoms with Crippen molar-refractivity contribution in [3.8, 4) is 0 Å². The van der Waals surface area contributed by atoms with Crippen molar-refractivity contribution < 1.29 is 49.6 Å². The van der Waals surface area contributed by atoms with Crippen LogP contribution in [0.3, 0.4) is 0 Å². The van der Waals surface area contributed by atoms with Gasteiger partial charge in [0.1, 0.15) is 0 Å². The molecule has 0 bridgehead atoms. The van der Waals surface area contributed by atoms with Gasteiger partial charge in [0.15, 0.2) is 0 Å². The number of hydrogen-bond acceptors (Lipinski definition) is 0. The molecule has 0 spiro atoms.